The molecular formula is C10H15N3. The van der Waals surface area contributed by atoms with E-state index in [1.807, 2.05) is 18.2 Å². The number of pyridine rings is 1. The second kappa shape index (κ2) is 3.75. The van der Waals surface area contributed by atoms with Crippen molar-refractivity contribution in [2.45, 2.75) is 31.3 Å². The molecule has 0 saturated heterocycles. The first kappa shape index (κ1) is 8.51. The van der Waals surface area contributed by atoms with Crippen molar-refractivity contribution in [3.8, 4) is 0 Å². The van der Waals surface area contributed by atoms with Crippen LogP contribution in [0.2, 0.25) is 0 Å². The minimum Gasteiger partial charge on any atom is -0.367 e. The van der Waals surface area contributed by atoms with Crippen molar-refractivity contribution in [1.29, 1.82) is 0 Å². The Morgan fingerprint density at radius 1 is 1.38 bits per heavy atom. The van der Waals surface area contributed by atoms with E-state index in [0.717, 1.165) is 25.1 Å². The van der Waals surface area contributed by atoms with E-state index in [-0.39, 0.29) is 0 Å². The number of nitrogens with zero attached hydrogens (tertiary/aromatic N) is 1. The van der Waals surface area contributed by atoms with Crippen LogP contribution >= 0.6 is 0 Å². The van der Waals surface area contributed by atoms with Crippen molar-refractivity contribution < 1.29 is 0 Å². The molecule has 1 heterocycles. The smallest absolute Gasteiger partial charge is 0.126 e. The summed E-state index contributed by atoms with van der Waals surface area (Å²) in [5, 5.41) is 3.38. The van der Waals surface area contributed by atoms with Gasteiger partial charge in [-0.25, -0.2) is 4.98 Å². The number of nitrogens with two attached hydrogens (primary N) is 1. The Morgan fingerprint density at radius 2 is 2.31 bits per heavy atom. The summed E-state index contributed by atoms with van der Waals surface area (Å²) in [6.07, 6.45) is 5.16. The maximum atomic E-state index is 5.82. The Labute approximate surface area is 78.4 Å². The average molecular weight is 177 g/mol. The molecule has 1 fully saturated rings. The fourth-order valence-corrected chi connectivity index (χ4v) is 1.80. The normalized spacial score (nSPS) is 27.5. The third-order valence-corrected chi connectivity index (χ3v) is 2.49. The van der Waals surface area contributed by atoms with E-state index in [1.165, 1.54) is 0 Å². The molecule has 1 aromatic heterocycles. The molecule has 0 aromatic carbocycles. The van der Waals surface area contributed by atoms with E-state index in [9.17, 15) is 0 Å². The molecule has 0 radical (unpaired) electrons. The van der Waals surface area contributed by atoms with Crippen LogP contribution in [0.4, 0.5) is 5.82 Å². The summed E-state index contributed by atoms with van der Waals surface area (Å²) < 4.78 is 0. The maximum Gasteiger partial charge on any atom is 0.126 e. The molecule has 2 rings (SSSR count). The molecular weight excluding hydrogens is 162 g/mol. The highest BCUT2D eigenvalue weighted by Gasteiger charge is 2.21. The van der Waals surface area contributed by atoms with Gasteiger partial charge in [0.15, 0.2) is 0 Å². The van der Waals surface area contributed by atoms with Gasteiger partial charge < -0.3 is 11.1 Å². The van der Waals surface area contributed by atoms with E-state index in [0.29, 0.717) is 12.1 Å². The van der Waals surface area contributed by atoms with Crippen LogP contribution in [0.3, 0.4) is 0 Å². The highest BCUT2D eigenvalue weighted by atomic mass is 15.0. The molecule has 1 aliphatic rings. The standard InChI is InChI=1S/C10H15N3/c11-8-4-5-9(7-8)13-10-3-1-2-6-12-10/h1-3,6,8-9H,4-5,7,11H2,(H,12,13). The summed E-state index contributed by atoms with van der Waals surface area (Å²) in [6.45, 7) is 0. The molecule has 3 nitrogen and oxygen atoms in total. The molecule has 3 heteroatoms. The lowest BCUT2D eigenvalue weighted by molar-refractivity contribution is 0.686. The van der Waals surface area contributed by atoms with Gasteiger partial charge in [-0.2, -0.15) is 0 Å². The number of anilines is 1. The van der Waals surface area contributed by atoms with Crippen LogP contribution in [0.1, 0.15) is 19.3 Å². The second-order valence-corrected chi connectivity index (χ2v) is 3.63. The minimum atomic E-state index is 0.376. The molecule has 0 spiro atoms. The molecule has 2 atom stereocenters. The van der Waals surface area contributed by atoms with Gasteiger partial charge in [-0.05, 0) is 31.4 Å². The molecule has 1 aromatic rings. The first-order valence-electron chi connectivity index (χ1n) is 4.78. The van der Waals surface area contributed by atoms with Crippen LogP contribution in [0.15, 0.2) is 24.4 Å². The summed E-state index contributed by atoms with van der Waals surface area (Å²) >= 11 is 0. The number of aromatic nitrogens is 1. The molecule has 0 aliphatic heterocycles. The Bertz CT molecular complexity index is 260. The highest BCUT2D eigenvalue weighted by Crippen LogP contribution is 2.20. The van der Waals surface area contributed by atoms with Crippen molar-refractivity contribution in [1.82, 2.24) is 4.98 Å². The minimum absolute atomic E-state index is 0.376. The van der Waals surface area contributed by atoms with Gasteiger partial charge in [-0.15, -0.1) is 0 Å². The SMILES string of the molecule is NC1CCC(Nc2ccccn2)C1. The van der Waals surface area contributed by atoms with Crippen LogP contribution in [-0.4, -0.2) is 17.1 Å². The molecule has 1 aliphatic carbocycles. The Hall–Kier alpha value is -1.09. The third-order valence-electron chi connectivity index (χ3n) is 2.49. The Morgan fingerprint density at radius 3 is 2.92 bits per heavy atom. The van der Waals surface area contributed by atoms with Crippen LogP contribution in [-0.2, 0) is 0 Å². The first-order chi connectivity index (χ1) is 6.34. The van der Waals surface area contributed by atoms with Crippen molar-refractivity contribution in [3.63, 3.8) is 0 Å². The maximum absolute atomic E-state index is 5.82. The third kappa shape index (κ3) is 2.18. The zero-order valence-electron chi connectivity index (χ0n) is 7.61. The summed E-state index contributed by atoms with van der Waals surface area (Å²) in [5.41, 5.74) is 5.82. The molecule has 0 bridgehead atoms. The molecule has 2 unspecified atom stereocenters. The molecule has 3 N–H and O–H groups in total. The van der Waals surface area contributed by atoms with Crippen molar-refractivity contribution >= 4 is 5.82 Å². The first-order valence-corrected chi connectivity index (χ1v) is 4.78. The molecule has 1 saturated carbocycles. The van der Waals surface area contributed by atoms with Crippen LogP contribution < -0.4 is 11.1 Å². The van der Waals surface area contributed by atoms with Gasteiger partial charge in [0.25, 0.3) is 0 Å². The summed E-state index contributed by atoms with van der Waals surface area (Å²) in [4.78, 5) is 4.22. The Kier molecular flexibility index (Phi) is 2.45. The zero-order chi connectivity index (χ0) is 9.10. The molecule has 0 amide bonds. The number of hydrogen-bond acceptors (Lipinski definition) is 3. The van der Waals surface area contributed by atoms with E-state index in [4.69, 9.17) is 5.73 Å². The van der Waals surface area contributed by atoms with E-state index < -0.39 is 0 Å². The van der Waals surface area contributed by atoms with Gasteiger partial charge in [-0.3, -0.25) is 0 Å². The number of hydrogen-bond donors (Lipinski definition) is 2. The zero-order valence-corrected chi connectivity index (χ0v) is 7.61. The number of rotatable bonds is 2. The lowest BCUT2D eigenvalue weighted by Gasteiger charge is -2.12. The topological polar surface area (TPSA) is 50.9 Å². The number of nitrogens with one attached hydrogen (secondary N) is 1. The van der Waals surface area contributed by atoms with Gasteiger partial charge in [0, 0.05) is 18.3 Å². The summed E-state index contributed by atoms with van der Waals surface area (Å²) in [7, 11) is 0. The second-order valence-electron chi connectivity index (χ2n) is 3.63. The van der Waals surface area contributed by atoms with E-state index in [2.05, 4.69) is 10.3 Å². The van der Waals surface area contributed by atoms with Gasteiger partial charge in [0.1, 0.15) is 5.82 Å². The lowest BCUT2D eigenvalue weighted by Crippen LogP contribution is -2.21. The molecule has 70 valence electrons. The fraction of sp³-hybridized carbons (Fsp3) is 0.500. The average Bonchev–Trinajstić information content (AvgIpc) is 2.53. The van der Waals surface area contributed by atoms with Crippen molar-refractivity contribution in [2.24, 2.45) is 5.73 Å². The van der Waals surface area contributed by atoms with Crippen LogP contribution in [0, 0.1) is 0 Å². The quantitative estimate of drug-likeness (QED) is 0.717. The fourth-order valence-electron chi connectivity index (χ4n) is 1.80. The van der Waals surface area contributed by atoms with Crippen LogP contribution in [0.25, 0.3) is 0 Å². The Balaban J connectivity index is 1.92. The van der Waals surface area contributed by atoms with Gasteiger partial charge in [0.2, 0.25) is 0 Å². The van der Waals surface area contributed by atoms with E-state index in [1.54, 1.807) is 6.20 Å². The van der Waals surface area contributed by atoms with Crippen LogP contribution in [0.5, 0.6) is 0 Å². The van der Waals surface area contributed by atoms with Gasteiger partial charge in [-0.1, -0.05) is 6.07 Å². The molecule has 13 heavy (non-hydrogen) atoms. The predicted molar refractivity (Wildman–Crippen MR) is 53.5 cm³/mol. The highest BCUT2D eigenvalue weighted by molar-refractivity contribution is 5.34. The van der Waals surface area contributed by atoms with Gasteiger partial charge >= 0.3 is 0 Å². The predicted octanol–water partition coefficient (Wildman–Crippen LogP) is 1.37. The van der Waals surface area contributed by atoms with Gasteiger partial charge in [0.05, 0.1) is 0 Å². The lowest BCUT2D eigenvalue weighted by atomic mass is 10.2. The largest absolute Gasteiger partial charge is 0.367 e. The van der Waals surface area contributed by atoms with Crippen molar-refractivity contribution in [2.75, 3.05) is 5.32 Å². The monoisotopic (exact) mass is 177 g/mol. The van der Waals surface area contributed by atoms with E-state index >= 15 is 0 Å². The van der Waals surface area contributed by atoms with Crippen molar-refractivity contribution in [3.05, 3.63) is 24.4 Å². The summed E-state index contributed by atoms with van der Waals surface area (Å²) in [5.74, 6) is 0.960. The summed E-state index contributed by atoms with van der Waals surface area (Å²) in [6, 6.07) is 6.80.